The van der Waals surface area contributed by atoms with Gasteiger partial charge in [0.1, 0.15) is 0 Å². The highest BCUT2D eigenvalue weighted by molar-refractivity contribution is 7.85. The molecule has 170 valence electrons. The highest BCUT2D eigenvalue weighted by atomic mass is 32.2. The summed E-state index contributed by atoms with van der Waals surface area (Å²) in [7, 11) is -4.06. The van der Waals surface area contributed by atoms with Crippen molar-refractivity contribution < 1.29 is 13.0 Å². The summed E-state index contributed by atoms with van der Waals surface area (Å²) >= 11 is 0. The van der Waals surface area contributed by atoms with Crippen molar-refractivity contribution in [1.82, 2.24) is 4.90 Å². The molecule has 0 aliphatic rings. The Morgan fingerprint density at radius 3 is 1.45 bits per heavy atom. The summed E-state index contributed by atoms with van der Waals surface area (Å²) in [4.78, 5) is 2.35. The predicted octanol–water partition coefficient (Wildman–Crippen LogP) is 6.74. The summed E-state index contributed by atoms with van der Waals surface area (Å²) in [6.45, 7) is 12.4. The Bertz CT molecular complexity index is 575. The van der Waals surface area contributed by atoms with Crippen LogP contribution in [-0.4, -0.2) is 37.5 Å². The van der Waals surface area contributed by atoms with Gasteiger partial charge in [-0.05, 0) is 50.2 Å². The summed E-state index contributed by atoms with van der Waals surface area (Å²) in [6.07, 6.45) is 14.1. The molecule has 0 aromatic heterocycles. The summed E-state index contributed by atoms with van der Waals surface area (Å²) in [5, 5.41) is 0. The lowest BCUT2D eigenvalue weighted by atomic mass is 10.0. The van der Waals surface area contributed by atoms with Crippen molar-refractivity contribution in [2.45, 2.75) is 103 Å². The number of aryl methyl sites for hydroxylation is 1. The van der Waals surface area contributed by atoms with Gasteiger partial charge in [0.2, 0.25) is 0 Å². The number of unbranched alkanes of at least 4 members (excludes halogenated alkanes) is 9. The van der Waals surface area contributed by atoms with Crippen molar-refractivity contribution in [1.29, 1.82) is 0 Å². The lowest BCUT2D eigenvalue weighted by Crippen LogP contribution is -2.21. The van der Waals surface area contributed by atoms with Crippen molar-refractivity contribution in [2.75, 3.05) is 19.6 Å². The van der Waals surface area contributed by atoms with E-state index in [9.17, 15) is 8.42 Å². The van der Waals surface area contributed by atoms with Crippen molar-refractivity contribution >= 4 is 10.1 Å². The summed E-state index contributed by atoms with van der Waals surface area (Å²) in [5.41, 5.74) is 1.13. The second kappa shape index (κ2) is 17.9. The SMILES string of the molecule is CCCCCCCCCCCCc1ccc(S(=O)(=O)O)cc1.CCN(CC)CC. The van der Waals surface area contributed by atoms with Gasteiger partial charge in [-0.25, -0.2) is 0 Å². The lowest BCUT2D eigenvalue weighted by Gasteiger charge is -2.13. The van der Waals surface area contributed by atoms with Gasteiger partial charge in [-0.2, -0.15) is 8.42 Å². The van der Waals surface area contributed by atoms with Gasteiger partial charge in [-0.3, -0.25) is 4.55 Å². The Kier molecular flexibility index (Phi) is 17.3. The van der Waals surface area contributed by atoms with Crippen molar-refractivity contribution in [3.63, 3.8) is 0 Å². The summed E-state index contributed by atoms with van der Waals surface area (Å²) < 4.78 is 30.8. The molecule has 0 radical (unpaired) electrons. The van der Waals surface area contributed by atoms with Crippen molar-refractivity contribution in [3.05, 3.63) is 29.8 Å². The first-order chi connectivity index (χ1) is 13.9. The van der Waals surface area contributed by atoms with Crippen LogP contribution in [0.3, 0.4) is 0 Å². The molecule has 5 heteroatoms. The largest absolute Gasteiger partial charge is 0.304 e. The summed E-state index contributed by atoms with van der Waals surface area (Å²) in [6, 6.07) is 6.52. The van der Waals surface area contributed by atoms with Crippen molar-refractivity contribution in [3.8, 4) is 0 Å². The van der Waals surface area contributed by atoms with Gasteiger partial charge >= 0.3 is 0 Å². The molecule has 1 aromatic rings. The molecule has 0 saturated carbocycles. The van der Waals surface area contributed by atoms with Gasteiger partial charge in [-0.15, -0.1) is 0 Å². The van der Waals surface area contributed by atoms with Crippen LogP contribution in [0.5, 0.6) is 0 Å². The van der Waals surface area contributed by atoms with Crippen LogP contribution >= 0.6 is 0 Å². The van der Waals surface area contributed by atoms with Crippen LogP contribution in [0.1, 0.15) is 97.5 Å². The predicted molar refractivity (Wildman–Crippen MR) is 125 cm³/mol. The minimum absolute atomic E-state index is 0.0284. The molecule has 0 amide bonds. The Morgan fingerprint density at radius 1 is 0.690 bits per heavy atom. The van der Waals surface area contributed by atoms with Gasteiger partial charge in [0.15, 0.2) is 0 Å². The van der Waals surface area contributed by atoms with Crippen LogP contribution in [0, 0.1) is 0 Å². The zero-order valence-corrected chi connectivity index (χ0v) is 20.1. The molecule has 0 saturated heterocycles. The maximum atomic E-state index is 10.9. The number of hydrogen-bond donors (Lipinski definition) is 1. The van der Waals surface area contributed by atoms with Crippen LogP contribution < -0.4 is 0 Å². The Labute approximate surface area is 180 Å². The van der Waals surface area contributed by atoms with E-state index >= 15 is 0 Å². The second-order valence-electron chi connectivity index (χ2n) is 7.67. The third-order valence-corrected chi connectivity index (χ3v) is 6.25. The van der Waals surface area contributed by atoms with E-state index in [0.29, 0.717) is 0 Å². The first kappa shape index (κ1) is 28.1. The first-order valence-corrected chi connectivity index (χ1v) is 13.1. The van der Waals surface area contributed by atoms with E-state index in [2.05, 4.69) is 32.6 Å². The van der Waals surface area contributed by atoms with E-state index in [1.807, 2.05) is 0 Å². The molecule has 4 nitrogen and oxygen atoms in total. The quantitative estimate of drug-likeness (QED) is 0.248. The monoisotopic (exact) mass is 427 g/mol. The van der Waals surface area contributed by atoms with E-state index in [1.54, 1.807) is 12.1 Å². The fourth-order valence-corrected chi connectivity index (χ4v) is 3.80. The fraction of sp³-hybridized carbons (Fsp3) is 0.750. The van der Waals surface area contributed by atoms with E-state index in [0.717, 1.165) is 18.4 Å². The summed E-state index contributed by atoms with van der Waals surface area (Å²) in [5.74, 6) is 0. The maximum Gasteiger partial charge on any atom is 0.294 e. The Morgan fingerprint density at radius 2 is 1.10 bits per heavy atom. The van der Waals surface area contributed by atoms with E-state index < -0.39 is 10.1 Å². The van der Waals surface area contributed by atoms with Crippen LogP contribution in [-0.2, 0) is 16.5 Å². The third kappa shape index (κ3) is 15.6. The molecule has 1 aromatic carbocycles. The topological polar surface area (TPSA) is 57.6 Å². The van der Waals surface area contributed by atoms with E-state index in [4.69, 9.17) is 4.55 Å². The normalized spacial score (nSPS) is 11.4. The molecule has 1 N–H and O–H groups in total. The molecule has 29 heavy (non-hydrogen) atoms. The number of benzene rings is 1. The standard InChI is InChI=1S/C18H30O3S.C6H15N/c1-2-3-4-5-6-7-8-9-10-11-12-17-13-15-18(16-14-17)22(19,20)21;1-4-7(5-2)6-3/h13-16H,2-12H2,1H3,(H,19,20,21);4-6H2,1-3H3. The zero-order chi connectivity index (χ0) is 22.0. The number of nitrogens with zero attached hydrogens (tertiary/aromatic N) is 1. The Hall–Kier alpha value is -0.910. The first-order valence-electron chi connectivity index (χ1n) is 11.7. The van der Waals surface area contributed by atoms with Gasteiger partial charge in [0.05, 0.1) is 4.90 Å². The molecular formula is C24H45NO3S. The lowest BCUT2D eigenvalue weighted by molar-refractivity contribution is 0.321. The van der Waals surface area contributed by atoms with Crippen LogP contribution in [0.2, 0.25) is 0 Å². The average Bonchev–Trinajstić information content (AvgIpc) is 2.71. The van der Waals surface area contributed by atoms with Gasteiger partial charge in [0, 0.05) is 0 Å². The second-order valence-corrected chi connectivity index (χ2v) is 9.09. The minimum Gasteiger partial charge on any atom is -0.304 e. The van der Waals surface area contributed by atoms with Crippen molar-refractivity contribution in [2.24, 2.45) is 0 Å². The molecule has 0 bridgehead atoms. The molecule has 0 heterocycles. The molecule has 0 aliphatic heterocycles. The molecule has 0 aliphatic carbocycles. The molecule has 1 rings (SSSR count). The highest BCUT2D eigenvalue weighted by Gasteiger charge is 2.08. The highest BCUT2D eigenvalue weighted by Crippen LogP contribution is 2.14. The molecule has 0 unspecified atom stereocenters. The molecular weight excluding hydrogens is 382 g/mol. The van der Waals surface area contributed by atoms with Gasteiger partial charge in [-0.1, -0.05) is 97.6 Å². The minimum atomic E-state index is -4.06. The van der Waals surface area contributed by atoms with E-state index in [-0.39, 0.29) is 4.90 Å². The molecule has 0 fully saturated rings. The average molecular weight is 428 g/mol. The smallest absolute Gasteiger partial charge is 0.294 e. The maximum absolute atomic E-state index is 10.9. The third-order valence-electron chi connectivity index (χ3n) is 5.38. The van der Waals surface area contributed by atoms with Crippen LogP contribution in [0.25, 0.3) is 0 Å². The molecule has 0 atom stereocenters. The zero-order valence-electron chi connectivity index (χ0n) is 19.3. The van der Waals surface area contributed by atoms with Crippen LogP contribution in [0.15, 0.2) is 29.2 Å². The number of rotatable bonds is 15. The van der Waals surface area contributed by atoms with Gasteiger partial charge in [0.25, 0.3) is 10.1 Å². The Balaban J connectivity index is 0.000000956. The van der Waals surface area contributed by atoms with E-state index in [1.165, 1.54) is 89.6 Å². The fourth-order valence-electron chi connectivity index (χ4n) is 3.32. The molecule has 0 spiro atoms. The van der Waals surface area contributed by atoms with Gasteiger partial charge < -0.3 is 4.90 Å². The van der Waals surface area contributed by atoms with Crippen LogP contribution in [0.4, 0.5) is 0 Å². The number of hydrogen-bond acceptors (Lipinski definition) is 3.